The number of carbonyl (C=O) groups excluding carboxylic acids is 1. The van der Waals surface area contributed by atoms with E-state index in [0.29, 0.717) is 59.8 Å². The zero-order valence-corrected chi connectivity index (χ0v) is 23.9. The average Bonchev–Trinajstić information content (AvgIpc) is 3.59. The Hall–Kier alpha value is -3.06. The van der Waals surface area contributed by atoms with Crippen LogP contribution < -0.4 is 19.9 Å². The Balaban J connectivity index is 1.63. The van der Waals surface area contributed by atoms with E-state index in [1.807, 2.05) is 0 Å². The fraction of sp³-hybridized carbons (Fsp3) is 0.407. The van der Waals surface area contributed by atoms with Crippen molar-refractivity contribution in [3.05, 3.63) is 54.0 Å². The van der Waals surface area contributed by atoms with Crippen LogP contribution in [0.15, 0.2) is 54.0 Å². The highest BCUT2D eigenvalue weighted by Gasteiger charge is 2.52. The minimum absolute atomic E-state index is 0.0104. The second-order valence-electron chi connectivity index (χ2n) is 9.93. The molecular weight excluding hydrogens is 609 g/mol. The zero-order chi connectivity index (χ0) is 28.5. The zero-order valence-electron chi connectivity index (χ0n) is 21.5. The van der Waals surface area contributed by atoms with Crippen LogP contribution in [0.2, 0.25) is 0 Å². The maximum absolute atomic E-state index is 14.5. The number of hydrogen-bond acceptors (Lipinski definition) is 7. The summed E-state index contributed by atoms with van der Waals surface area (Å²) in [4.78, 5) is 34.2. The molecule has 2 amide bonds. The van der Waals surface area contributed by atoms with Crippen molar-refractivity contribution in [1.82, 2.24) is 19.8 Å². The largest absolute Gasteiger partial charge is 0.485 e. The first kappa shape index (κ1) is 28.5. The summed E-state index contributed by atoms with van der Waals surface area (Å²) in [7, 11) is 0. The number of carbonyl (C=O) groups is 2. The van der Waals surface area contributed by atoms with Gasteiger partial charge >= 0.3 is 12.0 Å². The van der Waals surface area contributed by atoms with Crippen molar-refractivity contribution in [3.63, 3.8) is 0 Å². The molecule has 0 radical (unpaired) electrons. The van der Waals surface area contributed by atoms with E-state index in [-0.39, 0.29) is 34.6 Å². The highest BCUT2D eigenvalue weighted by Crippen LogP contribution is 2.45. The SMILES string of the molecule is C=CC(=O)[N+]1(c2cc3c(NC4=CCC(F)(Br)C(Cl)=C4)ncnc3cc2OCC2CCCO2)CCC[C@H]1NC(=O)O. The molecule has 2 aliphatic heterocycles. The summed E-state index contributed by atoms with van der Waals surface area (Å²) in [6.45, 7) is 4.97. The number of carboxylic acid groups (broad SMARTS) is 1. The van der Waals surface area contributed by atoms with Crippen molar-refractivity contribution in [2.45, 2.75) is 49.0 Å². The van der Waals surface area contributed by atoms with Gasteiger partial charge in [0.15, 0.2) is 17.6 Å². The van der Waals surface area contributed by atoms with Crippen LogP contribution in [0.3, 0.4) is 0 Å². The first-order valence-electron chi connectivity index (χ1n) is 12.9. The molecule has 10 nitrogen and oxygen atoms in total. The number of hydrogen-bond donors (Lipinski definition) is 3. The maximum atomic E-state index is 14.5. The number of aromatic nitrogens is 2. The van der Waals surface area contributed by atoms with Gasteiger partial charge in [-0.05, 0) is 34.8 Å². The van der Waals surface area contributed by atoms with Gasteiger partial charge in [-0.1, -0.05) is 24.3 Å². The topological polar surface area (TPSA) is 123 Å². The Morgan fingerprint density at radius 3 is 2.88 bits per heavy atom. The number of rotatable bonds is 8. The number of anilines is 1. The third-order valence-corrected chi connectivity index (χ3v) is 8.83. The molecule has 0 bridgehead atoms. The highest BCUT2D eigenvalue weighted by atomic mass is 79.9. The predicted molar refractivity (Wildman–Crippen MR) is 153 cm³/mol. The first-order chi connectivity index (χ1) is 19.1. The molecule has 3 unspecified atom stereocenters. The number of quaternary nitrogens is 1. The molecule has 5 rings (SSSR count). The lowest BCUT2D eigenvalue weighted by Crippen LogP contribution is -2.62. The van der Waals surface area contributed by atoms with Crippen molar-refractivity contribution in [2.75, 3.05) is 25.1 Å². The maximum Gasteiger partial charge on any atom is 0.409 e. The molecule has 3 N–H and O–H groups in total. The number of ether oxygens (including phenoxy) is 2. The molecule has 0 spiro atoms. The van der Waals surface area contributed by atoms with E-state index < -0.39 is 16.8 Å². The second-order valence-corrected chi connectivity index (χ2v) is 11.6. The van der Waals surface area contributed by atoms with Crippen LogP contribution in [0.1, 0.15) is 32.1 Å². The number of benzene rings is 1. The van der Waals surface area contributed by atoms with Crippen LogP contribution in [0, 0.1) is 0 Å². The molecule has 1 aromatic carbocycles. The summed E-state index contributed by atoms with van der Waals surface area (Å²) in [6, 6.07) is 3.48. The Bertz CT molecular complexity index is 1410. The Kier molecular flexibility index (Phi) is 8.14. The molecule has 0 saturated carbocycles. The normalized spacial score (nSPS) is 28.1. The highest BCUT2D eigenvalue weighted by molar-refractivity contribution is 9.10. The standard InChI is InChI=1S/C27H28BrClFN5O5/c1-2-24(36)35(9-3-6-23(35)34-26(37)38)20-12-18-19(13-21(20)40-14-17-5-4-10-39-17)31-15-32-25(18)33-16-7-8-27(28,30)22(29)11-16/h2,7,11-13,15,17,23,34H,1,3-6,8-10,14H2,(H-,31,32,33,37,38)/p+1/t17?,23-,27?,35?/m0/s1. The van der Waals surface area contributed by atoms with Crippen LogP contribution in [-0.4, -0.2) is 63.7 Å². The van der Waals surface area contributed by atoms with Crippen LogP contribution in [-0.2, 0) is 9.53 Å². The van der Waals surface area contributed by atoms with E-state index in [2.05, 4.69) is 43.1 Å². The lowest BCUT2D eigenvalue weighted by molar-refractivity contribution is -0.126. The van der Waals surface area contributed by atoms with Crippen molar-refractivity contribution in [3.8, 4) is 5.75 Å². The fourth-order valence-electron chi connectivity index (χ4n) is 5.49. The summed E-state index contributed by atoms with van der Waals surface area (Å²) in [6.07, 6.45) is 6.47. The molecule has 13 heteroatoms. The second kappa shape index (κ2) is 11.4. The number of amides is 2. The van der Waals surface area contributed by atoms with Gasteiger partial charge < -0.3 is 19.9 Å². The number of fused-ring (bicyclic) bond motifs is 1. The van der Waals surface area contributed by atoms with Crippen LogP contribution in [0.25, 0.3) is 10.9 Å². The van der Waals surface area contributed by atoms with Crippen molar-refractivity contribution in [1.29, 1.82) is 0 Å². The van der Waals surface area contributed by atoms with E-state index >= 15 is 0 Å². The molecule has 2 fully saturated rings. The van der Waals surface area contributed by atoms with Crippen LogP contribution in [0.4, 0.5) is 20.7 Å². The molecule has 1 aromatic heterocycles. The van der Waals surface area contributed by atoms with E-state index in [1.165, 1.54) is 18.5 Å². The first-order valence-corrected chi connectivity index (χ1v) is 14.1. The summed E-state index contributed by atoms with van der Waals surface area (Å²) in [5, 5.41) is 15.9. The number of nitrogens with one attached hydrogen (secondary N) is 2. The van der Waals surface area contributed by atoms with Crippen LogP contribution in [0.5, 0.6) is 5.75 Å². The van der Waals surface area contributed by atoms with Gasteiger partial charge in [-0.3, -0.25) is 5.32 Å². The van der Waals surface area contributed by atoms with Crippen LogP contribution >= 0.6 is 27.5 Å². The Morgan fingerprint density at radius 1 is 1.35 bits per heavy atom. The molecular formula is C27H29BrClFN5O5+. The minimum Gasteiger partial charge on any atom is -0.485 e. The monoisotopic (exact) mass is 636 g/mol. The number of allylic oxidation sites excluding steroid dienone is 3. The third-order valence-electron chi connectivity index (χ3n) is 7.45. The smallest absolute Gasteiger partial charge is 0.409 e. The lowest BCUT2D eigenvalue weighted by atomic mass is 10.1. The van der Waals surface area contributed by atoms with Gasteiger partial charge in [0.25, 0.3) is 0 Å². The Labute approximate surface area is 243 Å². The molecule has 4 atom stereocenters. The molecule has 3 aliphatic rings. The summed E-state index contributed by atoms with van der Waals surface area (Å²) < 4.78 is 24.3. The summed E-state index contributed by atoms with van der Waals surface area (Å²) in [5.41, 5.74) is 1.52. The number of alkyl halides is 2. The van der Waals surface area contributed by atoms with E-state index in [4.69, 9.17) is 21.1 Å². The van der Waals surface area contributed by atoms with Gasteiger partial charge in [0, 0.05) is 55.2 Å². The molecule has 2 aromatic rings. The van der Waals surface area contributed by atoms with E-state index in [0.717, 1.165) is 12.8 Å². The number of nitrogens with zero attached hydrogens (tertiary/aromatic N) is 3. The van der Waals surface area contributed by atoms with Gasteiger partial charge in [-0.2, -0.15) is 0 Å². The minimum atomic E-state index is -1.83. The average molecular weight is 638 g/mol. The lowest BCUT2D eigenvalue weighted by Gasteiger charge is -2.36. The summed E-state index contributed by atoms with van der Waals surface area (Å²) >= 11 is 9.11. The van der Waals surface area contributed by atoms with Crippen molar-refractivity contribution < 1.29 is 28.6 Å². The summed E-state index contributed by atoms with van der Waals surface area (Å²) in [5.74, 6) is 0.421. The molecule has 40 heavy (non-hydrogen) atoms. The predicted octanol–water partition coefficient (Wildman–Crippen LogP) is 5.48. The molecule has 212 valence electrons. The van der Waals surface area contributed by atoms with Gasteiger partial charge in [-0.15, -0.1) is 0 Å². The molecule has 1 aliphatic carbocycles. The fourth-order valence-corrected chi connectivity index (χ4v) is 5.96. The van der Waals surface area contributed by atoms with E-state index in [9.17, 15) is 19.1 Å². The van der Waals surface area contributed by atoms with E-state index in [1.54, 1.807) is 18.2 Å². The molecule has 2 saturated heterocycles. The number of halogens is 3. The van der Waals surface area contributed by atoms with Gasteiger partial charge in [-0.25, -0.2) is 28.4 Å². The Morgan fingerprint density at radius 2 is 2.17 bits per heavy atom. The van der Waals surface area contributed by atoms with Gasteiger partial charge in [0.1, 0.15) is 18.8 Å². The van der Waals surface area contributed by atoms with Gasteiger partial charge in [0.05, 0.1) is 23.2 Å². The molecule has 3 heterocycles. The quantitative estimate of drug-likeness (QED) is 0.198. The van der Waals surface area contributed by atoms with Crippen molar-refractivity contribution in [2.24, 2.45) is 0 Å². The number of likely N-dealkylation sites (tertiary alicyclic amines) is 1. The van der Waals surface area contributed by atoms with Crippen molar-refractivity contribution >= 4 is 61.9 Å². The van der Waals surface area contributed by atoms with Gasteiger partial charge in [0.2, 0.25) is 4.58 Å². The third kappa shape index (κ3) is 5.45.